The first kappa shape index (κ1) is 15.0. The Balaban J connectivity index is 0.000000845. The third-order valence-corrected chi connectivity index (χ3v) is 3.47. The molecule has 0 atom stereocenters. The summed E-state index contributed by atoms with van der Waals surface area (Å²) in [5.74, 6) is 2.05. The molecule has 1 aliphatic carbocycles. The topological polar surface area (TPSA) is 3.24 Å². The molecule has 0 aromatic rings. The van der Waals surface area contributed by atoms with E-state index in [1.807, 2.05) is 0 Å². The maximum atomic E-state index is 3.94. The molecule has 1 saturated carbocycles. The molecule has 3 heteroatoms. The predicted molar refractivity (Wildman–Crippen MR) is 57.6 cm³/mol. The predicted octanol–water partition coefficient (Wildman–Crippen LogP) is -1.04. The fraction of sp³-hybridized carbons (Fsp3) is 0.909. The van der Waals surface area contributed by atoms with Crippen molar-refractivity contribution in [3.05, 3.63) is 6.92 Å². The van der Waals surface area contributed by atoms with Crippen LogP contribution in [0.2, 0.25) is 0 Å². The first-order valence-electron chi connectivity index (χ1n) is 5.40. The third-order valence-electron chi connectivity index (χ3n) is 3.47. The van der Waals surface area contributed by atoms with Crippen molar-refractivity contribution in [2.75, 3.05) is 19.6 Å². The summed E-state index contributed by atoms with van der Waals surface area (Å²) in [6.07, 6.45) is 7.08. The summed E-state index contributed by atoms with van der Waals surface area (Å²) in [5.41, 5.74) is 0. The van der Waals surface area contributed by atoms with Crippen molar-refractivity contribution in [2.45, 2.75) is 32.1 Å². The molecule has 78 valence electrons. The van der Waals surface area contributed by atoms with E-state index in [1.54, 1.807) is 0 Å². The number of hydrogen-bond donors (Lipinski definition) is 0. The minimum atomic E-state index is 0. The first-order chi connectivity index (χ1) is 5.88. The average Bonchev–Trinajstić information content (AvgIpc) is 2.36. The molecule has 3 rings (SSSR count). The van der Waals surface area contributed by atoms with E-state index in [0.717, 1.165) is 18.3 Å². The zero-order valence-electron chi connectivity index (χ0n) is 9.05. The van der Waals surface area contributed by atoms with Gasteiger partial charge in [0.1, 0.15) is 0 Å². The van der Waals surface area contributed by atoms with Crippen LogP contribution in [0.15, 0.2) is 0 Å². The quantitative estimate of drug-likeness (QED) is 0.429. The molecular weight excluding hydrogens is 206 g/mol. The molecule has 2 bridgehead atoms. The zero-order chi connectivity index (χ0) is 8.39. The van der Waals surface area contributed by atoms with E-state index < -0.39 is 0 Å². The summed E-state index contributed by atoms with van der Waals surface area (Å²) in [6.45, 7) is 7.90. The van der Waals surface area contributed by atoms with Crippen LogP contribution in [-0.2, 0) is 0 Å². The van der Waals surface area contributed by atoms with Crippen molar-refractivity contribution < 1.29 is 12.4 Å². The maximum Gasteiger partial charge on any atom is 2.00 e. The Labute approximate surface area is 111 Å². The molecule has 3 fully saturated rings. The van der Waals surface area contributed by atoms with Gasteiger partial charge in [-0.15, -0.1) is 0 Å². The number of nitrogens with zero attached hydrogens (tertiary/aromatic N) is 1. The Bertz CT molecular complexity index is 132. The van der Waals surface area contributed by atoms with Gasteiger partial charge in [-0.25, -0.2) is 0 Å². The summed E-state index contributed by atoms with van der Waals surface area (Å²) >= 11 is 0. The molecule has 2 aliphatic heterocycles. The van der Waals surface area contributed by atoms with Gasteiger partial charge in [-0.3, -0.25) is 0 Å². The largest absolute Gasteiger partial charge is 2.00 e. The Hall–Kier alpha value is 1.02. The number of hydrogen-bond acceptors (Lipinski definition) is 1. The Morgan fingerprint density at radius 2 is 1.43 bits per heavy atom. The summed E-state index contributed by atoms with van der Waals surface area (Å²) in [7, 11) is 0. The molecule has 0 unspecified atom stereocenters. The van der Waals surface area contributed by atoms with Crippen LogP contribution in [-0.4, -0.2) is 47.6 Å². The van der Waals surface area contributed by atoms with Crippen LogP contribution in [0.5, 0.6) is 0 Å². The molecule has 2 saturated heterocycles. The number of rotatable bonds is 2. The molecule has 0 aromatic heterocycles. The van der Waals surface area contributed by atoms with Crippen LogP contribution in [0.3, 0.4) is 0 Å². The third kappa shape index (κ3) is 3.88. The molecule has 0 spiro atoms. The molecule has 3 aliphatic rings. The molecule has 1 nitrogen and oxygen atoms in total. The molecule has 2 heterocycles. The minimum Gasteiger partial charge on any atom is -1.00 e. The molecule has 0 N–H and O–H groups in total. The van der Waals surface area contributed by atoms with Gasteiger partial charge in [-0.1, -0.05) is 0 Å². The van der Waals surface area contributed by atoms with Gasteiger partial charge in [-0.2, -0.15) is 6.42 Å². The van der Waals surface area contributed by atoms with Gasteiger partial charge in [0.25, 0.3) is 0 Å². The van der Waals surface area contributed by atoms with Crippen LogP contribution >= 0.6 is 0 Å². The number of halogens is 1. The second kappa shape index (κ2) is 7.32. The van der Waals surface area contributed by atoms with Crippen LogP contribution in [0.25, 0.3) is 0 Å². The minimum absolute atomic E-state index is 0. The average molecular weight is 226 g/mol. The fourth-order valence-corrected chi connectivity index (χ4v) is 2.81. The second-order valence-corrected chi connectivity index (χ2v) is 4.50. The van der Waals surface area contributed by atoms with Crippen molar-refractivity contribution in [3.8, 4) is 0 Å². The van der Waals surface area contributed by atoms with Crippen molar-refractivity contribution in [2.24, 2.45) is 11.8 Å². The molecule has 0 aromatic carbocycles. The van der Waals surface area contributed by atoms with Gasteiger partial charge in [0.2, 0.25) is 0 Å². The Kier molecular flexibility index (Phi) is 7.85. The van der Waals surface area contributed by atoms with E-state index in [2.05, 4.69) is 11.8 Å². The van der Waals surface area contributed by atoms with Gasteiger partial charge < -0.3 is 24.2 Å². The van der Waals surface area contributed by atoms with Crippen molar-refractivity contribution in [3.63, 3.8) is 0 Å². The van der Waals surface area contributed by atoms with Crippen LogP contribution < -0.4 is 12.4 Å². The summed E-state index contributed by atoms with van der Waals surface area (Å²) in [4.78, 5) is 2.64. The normalized spacial score (nSPS) is 31.5. The standard InChI is InChI=1S/C11H20N.ClH.Mg/c1-2-7-12-8-10-3-4-11(9-12)6-5-10;;/h10-11H,1-9H2;1H;/q-1;;+2/p-1. The summed E-state index contributed by atoms with van der Waals surface area (Å²) < 4.78 is 0. The van der Waals surface area contributed by atoms with E-state index in [0.29, 0.717) is 0 Å². The van der Waals surface area contributed by atoms with Crippen LogP contribution in [0, 0.1) is 18.8 Å². The number of fused-ring (bicyclic) bond motifs is 4. The molecule has 0 radical (unpaired) electrons. The summed E-state index contributed by atoms with van der Waals surface area (Å²) in [5, 5.41) is 0. The second-order valence-electron chi connectivity index (χ2n) is 4.50. The van der Waals surface area contributed by atoms with Gasteiger partial charge in [-0.05, 0) is 44.1 Å². The van der Waals surface area contributed by atoms with Gasteiger partial charge >= 0.3 is 23.1 Å². The first-order valence-corrected chi connectivity index (χ1v) is 5.40. The zero-order valence-corrected chi connectivity index (χ0v) is 11.2. The van der Waals surface area contributed by atoms with Crippen molar-refractivity contribution in [1.29, 1.82) is 0 Å². The molecule has 14 heavy (non-hydrogen) atoms. The van der Waals surface area contributed by atoms with Crippen LogP contribution in [0.1, 0.15) is 32.1 Å². The smallest absolute Gasteiger partial charge is 1.00 e. The Morgan fingerprint density at radius 3 is 1.79 bits per heavy atom. The fourth-order valence-electron chi connectivity index (χ4n) is 2.81. The van der Waals surface area contributed by atoms with E-state index in [9.17, 15) is 0 Å². The monoisotopic (exact) mass is 225 g/mol. The molecule has 0 amide bonds. The van der Waals surface area contributed by atoms with E-state index in [1.165, 1.54) is 45.3 Å². The van der Waals surface area contributed by atoms with E-state index in [-0.39, 0.29) is 35.5 Å². The van der Waals surface area contributed by atoms with Gasteiger partial charge in [0.05, 0.1) is 0 Å². The van der Waals surface area contributed by atoms with Gasteiger partial charge in [0, 0.05) is 13.1 Å². The van der Waals surface area contributed by atoms with Gasteiger partial charge in [0.15, 0.2) is 0 Å². The maximum absolute atomic E-state index is 3.94. The molecular formula is C11H20ClMgN. The Morgan fingerprint density at radius 1 is 1.00 bits per heavy atom. The van der Waals surface area contributed by atoms with E-state index >= 15 is 0 Å². The summed E-state index contributed by atoms with van der Waals surface area (Å²) in [6, 6.07) is 0. The SMILES string of the molecule is [CH2-]CCN1CC2CCC(CC2)C1.[Cl-].[Mg+2]. The van der Waals surface area contributed by atoms with Crippen molar-refractivity contribution >= 4 is 23.1 Å². The van der Waals surface area contributed by atoms with Crippen molar-refractivity contribution in [1.82, 2.24) is 4.90 Å². The van der Waals surface area contributed by atoms with E-state index in [4.69, 9.17) is 0 Å². The van der Waals surface area contributed by atoms with Crippen LogP contribution in [0.4, 0.5) is 0 Å².